The van der Waals surface area contributed by atoms with Crippen molar-refractivity contribution >= 4 is 35.2 Å². The Hall–Kier alpha value is -2.94. The minimum Gasteiger partial charge on any atom is -0.481 e. The molecule has 0 aliphatic carbocycles. The monoisotopic (exact) mass is 515 g/mol. The molecule has 0 unspecified atom stereocenters. The lowest BCUT2D eigenvalue weighted by atomic mass is 10.0. The van der Waals surface area contributed by atoms with Crippen LogP contribution in [0, 0.1) is 5.82 Å². The van der Waals surface area contributed by atoms with Crippen LogP contribution in [-0.2, 0) is 29.9 Å². The van der Waals surface area contributed by atoms with Gasteiger partial charge in [0.15, 0.2) is 0 Å². The van der Waals surface area contributed by atoms with Crippen LogP contribution >= 0.6 is 23.4 Å². The smallest absolute Gasteiger partial charge is 0.300 e. The number of hydrogen-bond acceptors (Lipinski definition) is 5. The molecule has 6 nitrogen and oxygen atoms in total. The molecule has 0 atom stereocenters. The highest BCUT2D eigenvalue weighted by atomic mass is 35.5. The fraction of sp³-hybridized carbons (Fsp3) is 0.269. The highest BCUT2D eigenvalue weighted by Gasteiger charge is 2.15. The standard InChI is InChI=1S/C24H23ClFN3OS.C2H4O2/c25-22-8-4-17-9-11-27-12-10-21(17)23(22)31-15-20-7-3-18(14-28-20)24(30)29-13-16-1-5-19(26)6-2-16;1-2(3)4/h1-8,14,27H,9-13,15H2,(H,29,30);1H3,(H,3,4). The molecule has 0 radical (unpaired) electrons. The molecule has 1 aliphatic rings. The van der Waals surface area contributed by atoms with E-state index in [9.17, 15) is 9.18 Å². The van der Waals surface area contributed by atoms with E-state index in [1.165, 1.54) is 23.3 Å². The molecule has 2 aromatic carbocycles. The number of carboxylic acid groups (broad SMARTS) is 1. The Morgan fingerprint density at radius 1 is 1.11 bits per heavy atom. The van der Waals surface area contributed by atoms with E-state index >= 15 is 0 Å². The number of aromatic nitrogens is 1. The summed E-state index contributed by atoms with van der Waals surface area (Å²) in [6, 6.07) is 13.8. The molecule has 4 rings (SSSR count). The fourth-order valence-corrected chi connectivity index (χ4v) is 4.96. The summed E-state index contributed by atoms with van der Waals surface area (Å²) >= 11 is 8.20. The first-order chi connectivity index (χ1) is 16.8. The number of pyridine rings is 1. The van der Waals surface area contributed by atoms with Gasteiger partial charge in [-0.25, -0.2) is 4.39 Å². The molecular formula is C26H27ClFN3O3S. The Labute approximate surface area is 213 Å². The lowest BCUT2D eigenvalue weighted by Crippen LogP contribution is -2.22. The van der Waals surface area contributed by atoms with Crippen molar-refractivity contribution in [2.45, 2.75) is 37.0 Å². The van der Waals surface area contributed by atoms with Crippen LogP contribution in [0.15, 0.2) is 59.6 Å². The van der Waals surface area contributed by atoms with Crippen LogP contribution in [0.5, 0.6) is 0 Å². The molecule has 9 heteroatoms. The third kappa shape index (κ3) is 8.35. The van der Waals surface area contributed by atoms with Crippen LogP contribution in [0.4, 0.5) is 4.39 Å². The van der Waals surface area contributed by atoms with Crippen LogP contribution in [0.3, 0.4) is 0 Å². The quantitative estimate of drug-likeness (QED) is 0.405. The van der Waals surface area contributed by atoms with E-state index < -0.39 is 5.97 Å². The largest absolute Gasteiger partial charge is 0.481 e. The van der Waals surface area contributed by atoms with Gasteiger partial charge in [0.05, 0.1) is 16.3 Å². The molecule has 3 N–H and O–H groups in total. The molecule has 184 valence electrons. The molecule has 2 heterocycles. The molecule has 1 aliphatic heterocycles. The van der Waals surface area contributed by atoms with Crippen molar-refractivity contribution in [3.05, 3.63) is 93.5 Å². The second-order valence-corrected chi connectivity index (χ2v) is 9.31. The van der Waals surface area contributed by atoms with E-state index in [2.05, 4.69) is 21.7 Å². The second-order valence-electron chi connectivity index (χ2n) is 7.92. The third-order valence-electron chi connectivity index (χ3n) is 5.25. The van der Waals surface area contributed by atoms with Crippen LogP contribution in [-0.4, -0.2) is 35.1 Å². The molecule has 0 saturated heterocycles. The van der Waals surface area contributed by atoms with Crippen molar-refractivity contribution in [2.24, 2.45) is 0 Å². The topological polar surface area (TPSA) is 91.3 Å². The van der Waals surface area contributed by atoms with Crippen molar-refractivity contribution in [3.63, 3.8) is 0 Å². The highest BCUT2D eigenvalue weighted by molar-refractivity contribution is 7.98. The van der Waals surface area contributed by atoms with Gasteiger partial charge in [0.25, 0.3) is 11.9 Å². The fourth-order valence-electron chi connectivity index (χ4n) is 3.54. The predicted octanol–water partition coefficient (Wildman–Crippen LogP) is 4.88. The minimum absolute atomic E-state index is 0.208. The summed E-state index contributed by atoms with van der Waals surface area (Å²) < 4.78 is 13.0. The number of thioether (sulfide) groups is 1. The lowest BCUT2D eigenvalue weighted by Gasteiger charge is -2.13. The maximum Gasteiger partial charge on any atom is 0.300 e. The molecule has 1 aromatic heterocycles. The lowest BCUT2D eigenvalue weighted by molar-refractivity contribution is -0.134. The molecule has 0 spiro atoms. The summed E-state index contributed by atoms with van der Waals surface area (Å²) in [5.41, 5.74) is 4.91. The number of fused-ring (bicyclic) bond motifs is 1. The van der Waals surface area contributed by atoms with Crippen molar-refractivity contribution in [3.8, 4) is 0 Å². The summed E-state index contributed by atoms with van der Waals surface area (Å²) in [4.78, 5) is 26.9. The van der Waals surface area contributed by atoms with E-state index in [0.29, 0.717) is 17.9 Å². The summed E-state index contributed by atoms with van der Waals surface area (Å²) in [7, 11) is 0. The average Bonchev–Trinajstić information content (AvgIpc) is 3.09. The SMILES string of the molecule is CC(=O)O.O=C(NCc1ccc(F)cc1)c1ccc(CSc2c(Cl)ccc3c2CCNCC3)nc1. The van der Waals surface area contributed by atoms with Gasteiger partial charge in [-0.1, -0.05) is 29.8 Å². The number of carboxylic acids is 1. The molecule has 3 aromatic rings. The zero-order valence-electron chi connectivity index (χ0n) is 19.3. The van der Waals surface area contributed by atoms with Crippen LogP contribution in [0.1, 0.15) is 39.7 Å². The number of nitrogens with zero attached hydrogens (tertiary/aromatic N) is 1. The maximum absolute atomic E-state index is 13.0. The highest BCUT2D eigenvalue weighted by Crippen LogP contribution is 2.35. The maximum atomic E-state index is 13.0. The number of carbonyl (C=O) groups is 2. The number of hydrogen-bond donors (Lipinski definition) is 3. The zero-order chi connectivity index (χ0) is 25.2. The van der Waals surface area contributed by atoms with Gasteiger partial charge < -0.3 is 15.7 Å². The van der Waals surface area contributed by atoms with Gasteiger partial charge >= 0.3 is 0 Å². The Balaban J connectivity index is 0.000000795. The summed E-state index contributed by atoms with van der Waals surface area (Å²) in [6.07, 6.45) is 3.58. The second kappa shape index (κ2) is 13.2. The Kier molecular flexibility index (Phi) is 10.1. The normalized spacial score (nSPS) is 12.5. The Morgan fingerprint density at radius 3 is 2.51 bits per heavy atom. The van der Waals surface area contributed by atoms with Gasteiger partial charge in [0, 0.05) is 30.3 Å². The number of carbonyl (C=O) groups excluding carboxylic acids is 1. The first-order valence-corrected chi connectivity index (χ1v) is 12.5. The van der Waals surface area contributed by atoms with Crippen LogP contribution in [0.25, 0.3) is 0 Å². The molecular weight excluding hydrogens is 489 g/mol. The number of rotatable bonds is 6. The Morgan fingerprint density at radius 2 is 1.83 bits per heavy atom. The molecule has 0 bridgehead atoms. The van der Waals surface area contributed by atoms with E-state index in [4.69, 9.17) is 21.5 Å². The van der Waals surface area contributed by atoms with Gasteiger partial charge in [-0.3, -0.25) is 14.6 Å². The molecule has 0 saturated carbocycles. The van der Waals surface area contributed by atoms with Crippen LogP contribution in [0.2, 0.25) is 5.02 Å². The molecule has 1 amide bonds. The summed E-state index contributed by atoms with van der Waals surface area (Å²) in [5, 5.41) is 14.5. The van der Waals surface area contributed by atoms with Crippen molar-refractivity contribution in [1.82, 2.24) is 15.6 Å². The number of halogens is 2. The number of amides is 1. The Bertz CT molecular complexity index is 1150. The first-order valence-electron chi connectivity index (χ1n) is 11.1. The molecule has 0 fully saturated rings. The first kappa shape index (κ1) is 26.7. The summed E-state index contributed by atoms with van der Waals surface area (Å²) in [6.45, 7) is 3.37. The van der Waals surface area contributed by atoms with Gasteiger partial charge in [0.1, 0.15) is 5.82 Å². The zero-order valence-corrected chi connectivity index (χ0v) is 20.9. The van der Waals surface area contributed by atoms with E-state index in [1.807, 2.05) is 12.1 Å². The average molecular weight is 516 g/mol. The van der Waals surface area contributed by atoms with E-state index in [0.717, 1.165) is 54.0 Å². The van der Waals surface area contributed by atoms with Gasteiger partial charge in [-0.15, -0.1) is 11.8 Å². The van der Waals surface area contributed by atoms with Gasteiger partial charge in [-0.2, -0.15) is 0 Å². The van der Waals surface area contributed by atoms with Crippen molar-refractivity contribution in [2.75, 3.05) is 13.1 Å². The van der Waals surface area contributed by atoms with E-state index in [1.54, 1.807) is 36.2 Å². The minimum atomic E-state index is -0.833. The number of nitrogens with one attached hydrogen (secondary N) is 2. The summed E-state index contributed by atoms with van der Waals surface area (Å²) in [5.74, 6) is -0.654. The van der Waals surface area contributed by atoms with Gasteiger partial charge in [0.2, 0.25) is 0 Å². The van der Waals surface area contributed by atoms with Crippen LogP contribution < -0.4 is 10.6 Å². The van der Waals surface area contributed by atoms with Crippen molar-refractivity contribution < 1.29 is 19.1 Å². The number of aliphatic carboxylic acids is 1. The molecule has 35 heavy (non-hydrogen) atoms. The third-order valence-corrected chi connectivity index (χ3v) is 6.87. The predicted molar refractivity (Wildman–Crippen MR) is 136 cm³/mol. The van der Waals surface area contributed by atoms with Gasteiger partial charge in [-0.05, 0) is 73.0 Å². The number of benzene rings is 2. The van der Waals surface area contributed by atoms with E-state index in [-0.39, 0.29) is 11.7 Å². The van der Waals surface area contributed by atoms with Crippen molar-refractivity contribution in [1.29, 1.82) is 0 Å².